The van der Waals surface area contributed by atoms with Crippen molar-refractivity contribution in [2.24, 2.45) is 0 Å². The summed E-state index contributed by atoms with van der Waals surface area (Å²) in [6.07, 6.45) is 7.78. The highest BCUT2D eigenvalue weighted by Gasteiger charge is 2.30. The molecule has 2 heterocycles. The molecule has 1 unspecified atom stereocenters. The van der Waals surface area contributed by atoms with Crippen molar-refractivity contribution < 1.29 is 18.7 Å². The number of nitrogens with zero attached hydrogens (tertiary/aromatic N) is 1. The van der Waals surface area contributed by atoms with Gasteiger partial charge in [0.05, 0.1) is 11.8 Å². The summed E-state index contributed by atoms with van der Waals surface area (Å²) in [6.45, 7) is 0. The molecule has 2 aromatic rings. The third-order valence-corrected chi connectivity index (χ3v) is 5.85. The molecule has 2 amide bonds. The molecule has 0 radical (unpaired) electrons. The van der Waals surface area contributed by atoms with Crippen molar-refractivity contribution in [3.63, 3.8) is 0 Å². The van der Waals surface area contributed by atoms with Crippen LogP contribution in [0.3, 0.4) is 0 Å². The predicted octanol–water partition coefficient (Wildman–Crippen LogP) is 3.61. The summed E-state index contributed by atoms with van der Waals surface area (Å²) in [5.74, 6) is 0.244. The van der Waals surface area contributed by atoms with Crippen molar-refractivity contribution >= 4 is 34.4 Å². The first-order chi connectivity index (χ1) is 13.6. The molecule has 1 saturated carbocycles. The largest absolute Gasteiger partial charge is 0.465 e. The Bertz CT molecular complexity index is 951. The lowest BCUT2D eigenvalue weighted by Gasteiger charge is -2.22. The van der Waals surface area contributed by atoms with E-state index < -0.39 is 0 Å². The standard InChI is InChI=1S/C20H19N3O4S/c21-11-16-15-7-5-14(27-20(25)22-12-3-4-12)10-17(15)28-19(16)23-18(24)8-6-13-2-1-9-26-13/h1-2,6,8-9,12,14H,3-5,7,10H2,(H,22,25)(H,23,24). The van der Waals surface area contributed by atoms with Crippen molar-refractivity contribution in [1.29, 1.82) is 5.26 Å². The van der Waals surface area contributed by atoms with Crippen LogP contribution < -0.4 is 10.6 Å². The number of hydrogen-bond acceptors (Lipinski definition) is 6. The van der Waals surface area contributed by atoms with Crippen molar-refractivity contribution in [3.8, 4) is 6.07 Å². The number of rotatable bonds is 5. The first kappa shape index (κ1) is 18.3. The molecule has 2 aliphatic carbocycles. The highest BCUT2D eigenvalue weighted by molar-refractivity contribution is 7.16. The van der Waals surface area contributed by atoms with Crippen molar-refractivity contribution in [3.05, 3.63) is 46.2 Å². The smallest absolute Gasteiger partial charge is 0.407 e. The summed E-state index contributed by atoms with van der Waals surface area (Å²) in [5.41, 5.74) is 1.45. The predicted molar refractivity (Wildman–Crippen MR) is 104 cm³/mol. The second-order valence-corrected chi connectivity index (χ2v) is 7.95. The third-order valence-electron chi connectivity index (χ3n) is 4.68. The number of thiophene rings is 1. The maximum Gasteiger partial charge on any atom is 0.407 e. The number of amides is 2. The Kier molecular flexibility index (Phi) is 5.17. The van der Waals surface area contributed by atoms with Crippen molar-refractivity contribution in [2.75, 3.05) is 5.32 Å². The molecule has 4 rings (SSSR count). The Morgan fingerprint density at radius 3 is 2.93 bits per heavy atom. The summed E-state index contributed by atoms with van der Waals surface area (Å²) in [7, 11) is 0. The molecule has 0 aromatic carbocycles. The molecule has 144 valence electrons. The highest BCUT2D eigenvalue weighted by Crippen LogP contribution is 2.38. The van der Waals surface area contributed by atoms with Crippen molar-refractivity contribution in [1.82, 2.24) is 5.32 Å². The number of nitrogens with one attached hydrogen (secondary N) is 2. The molecule has 0 saturated heterocycles. The zero-order chi connectivity index (χ0) is 19.5. The molecule has 0 spiro atoms. The third kappa shape index (κ3) is 4.26. The minimum atomic E-state index is -0.371. The lowest BCUT2D eigenvalue weighted by molar-refractivity contribution is -0.111. The van der Waals surface area contributed by atoms with Crippen LogP contribution in [0, 0.1) is 11.3 Å². The second-order valence-electron chi connectivity index (χ2n) is 6.85. The van der Waals surface area contributed by atoms with Crippen molar-refractivity contribution in [2.45, 2.75) is 44.2 Å². The number of carbonyl (C=O) groups is 2. The van der Waals surface area contributed by atoms with E-state index in [2.05, 4.69) is 16.7 Å². The van der Waals surface area contributed by atoms with E-state index in [1.165, 1.54) is 23.7 Å². The van der Waals surface area contributed by atoms with Gasteiger partial charge in [-0.15, -0.1) is 11.3 Å². The Labute approximate surface area is 166 Å². The van der Waals surface area contributed by atoms with E-state index in [-0.39, 0.29) is 24.1 Å². The minimum absolute atomic E-state index is 0.209. The Morgan fingerprint density at radius 2 is 2.21 bits per heavy atom. The average Bonchev–Trinajstić information content (AvgIpc) is 3.19. The van der Waals surface area contributed by atoms with Gasteiger partial charge in [-0.25, -0.2) is 4.79 Å². The van der Waals surface area contributed by atoms with Crippen LogP contribution in [0.25, 0.3) is 6.08 Å². The second kappa shape index (κ2) is 7.90. The average molecular weight is 397 g/mol. The number of fused-ring (bicyclic) bond motifs is 1. The molecule has 1 fully saturated rings. The fourth-order valence-electron chi connectivity index (χ4n) is 3.14. The van der Waals surface area contributed by atoms with Gasteiger partial charge in [-0.1, -0.05) is 0 Å². The van der Waals surface area contributed by atoms with E-state index in [4.69, 9.17) is 9.15 Å². The number of hydrogen-bond donors (Lipinski definition) is 2. The van der Waals surface area contributed by atoms with Gasteiger partial charge >= 0.3 is 6.09 Å². The summed E-state index contributed by atoms with van der Waals surface area (Å²) >= 11 is 1.37. The van der Waals surface area contributed by atoms with E-state index in [0.717, 1.165) is 23.3 Å². The van der Waals surface area contributed by atoms with Crippen LogP contribution in [0.4, 0.5) is 9.80 Å². The fraction of sp³-hybridized carbons (Fsp3) is 0.350. The summed E-state index contributed by atoms with van der Waals surface area (Å²) in [4.78, 5) is 25.0. The van der Waals surface area contributed by atoms with E-state index in [1.807, 2.05) is 0 Å². The van der Waals surface area contributed by atoms with Gasteiger partial charge in [0.15, 0.2) is 0 Å². The number of furan rings is 1. The molecule has 28 heavy (non-hydrogen) atoms. The van der Waals surface area contributed by atoms with Gasteiger partial charge in [-0.05, 0) is 49.5 Å². The van der Waals surface area contributed by atoms with Gasteiger partial charge in [0, 0.05) is 23.4 Å². The van der Waals surface area contributed by atoms with Gasteiger partial charge in [-0.2, -0.15) is 5.26 Å². The first-order valence-electron chi connectivity index (χ1n) is 9.16. The van der Waals surface area contributed by atoms with Crippen LogP contribution in [0.15, 0.2) is 28.9 Å². The SMILES string of the molecule is N#Cc1c(NC(=O)C=Cc2ccco2)sc2c1CCC(OC(=O)NC1CC1)C2. The Morgan fingerprint density at radius 1 is 1.36 bits per heavy atom. The quantitative estimate of drug-likeness (QED) is 0.750. The molecule has 2 N–H and O–H groups in total. The molecule has 7 nitrogen and oxygen atoms in total. The van der Waals surface area contributed by atoms with E-state index in [1.54, 1.807) is 18.2 Å². The minimum Gasteiger partial charge on any atom is -0.465 e. The Balaban J connectivity index is 1.42. The Hall–Kier alpha value is -3.05. The fourth-order valence-corrected chi connectivity index (χ4v) is 4.41. The lowest BCUT2D eigenvalue weighted by atomic mass is 9.94. The van der Waals surface area contributed by atoms with E-state index >= 15 is 0 Å². The topological polar surface area (TPSA) is 104 Å². The van der Waals surface area contributed by atoms with E-state index in [9.17, 15) is 14.9 Å². The van der Waals surface area contributed by atoms with Gasteiger partial charge in [0.25, 0.3) is 0 Å². The number of alkyl carbamates (subject to hydrolysis) is 1. The molecule has 2 aliphatic rings. The normalized spacial score (nSPS) is 18.3. The first-order valence-corrected chi connectivity index (χ1v) is 9.98. The number of ether oxygens (including phenoxy) is 1. The van der Waals surface area contributed by atoms with Crippen LogP contribution in [0.2, 0.25) is 0 Å². The molecule has 8 heteroatoms. The molecule has 1 atom stereocenters. The highest BCUT2D eigenvalue weighted by atomic mass is 32.1. The van der Waals surface area contributed by atoms with Gasteiger partial charge in [-0.3, -0.25) is 4.79 Å². The zero-order valence-corrected chi connectivity index (χ0v) is 15.9. The van der Waals surface area contributed by atoms with Gasteiger partial charge < -0.3 is 19.8 Å². The molecule has 2 aromatic heterocycles. The maximum atomic E-state index is 12.2. The van der Waals surface area contributed by atoms with Crippen LogP contribution in [-0.4, -0.2) is 24.1 Å². The number of anilines is 1. The summed E-state index contributed by atoms with van der Waals surface area (Å²) < 4.78 is 10.7. The van der Waals surface area contributed by atoms with Gasteiger partial charge in [0.1, 0.15) is 22.9 Å². The molecule has 0 bridgehead atoms. The number of carbonyl (C=O) groups excluding carboxylic acids is 2. The number of nitriles is 1. The lowest BCUT2D eigenvalue weighted by Crippen LogP contribution is -2.32. The summed E-state index contributed by atoms with van der Waals surface area (Å²) in [6, 6.07) is 5.94. The van der Waals surface area contributed by atoms with Gasteiger partial charge in [0.2, 0.25) is 5.91 Å². The van der Waals surface area contributed by atoms with E-state index in [0.29, 0.717) is 35.6 Å². The van der Waals surface area contributed by atoms with Crippen LogP contribution in [0.1, 0.15) is 41.0 Å². The maximum absolute atomic E-state index is 12.2. The molecular weight excluding hydrogens is 378 g/mol. The zero-order valence-electron chi connectivity index (χ0n) is 15.1. The molecule has 0 aliphatic heterocycles. The summed E-state index contributed by atoms with van der Waals surface area (Å²) in [5, 5.41) is 15.7. The molecular formula is C20H19N3O4S. The monoisotopic (exact) mass is 397 g/mol. The van der Waals surface area contributed by atoms with Crippen LogP contribution in [-0.2, 0) is 22.4 Å². The van der Waals surface area contributed by atoms with Crippen LogP contribution in [0.5, 0.6) is 0 Å². The van der Waals surface area contributed by atoms with Crippen LogP contribution >= 0.6 is 11.3 Å².